The van der Waals surface area contributed by atoms with Crippen molar-refractivity contribution in [3.05, 3.63) is 77.1 Å². The van der Waals surface area contributed by atoms with Gasteiger partial charge in [0, 0.05) is 17.6 Å². The van der Waals surface area contributed by atoms with Crippen LogP contribution >= 0.6 is 0 Å². The van der Waals surface area contributed by atoms with Gasteiger partial charge in [0.15, 0.2) is 5.75 Å². The van der Waals surface area contributed by atoms with Crippen LogP contribution in [0.2, 0.25) is 0 Å². The summed E-state index contributed by atoms with van der Waals surface area (Å²) in [6.07, 6.45) is 8.55. The zero-order valence-electron chi connectivity index (χ0n) is 21.1. The summed E-state index contributed by atoms with van der Waals surface area (Å²) < 4.78 is 55.0. The van der Waals surface area contributed by atoms with Crippen molar-refractivity contribution in [3.63, 3.8) is 0 Å². The molecule has 0 spiro atoms. The molecule has 1 amide bonds. The van der Waals surface area contributed by atoms with Crippen molar-refractivity contribution < 1.29 is 32.0 Å². The number of nitrogens with two attached hydrogens (primary N) is 1. The normalized spacial score (nSPS) is 22.2. The average Bonchev–Trinajstić information content (AvgIpc) is 3.40. The van der Waals surface area contributed by atoms with Gasteiger partial charge in [0.25, 0.3) is 0 Å². The zero-order chi connectivity index (χ0) is 28.5. The molecule has 2 aliphatic rings. The van der Waals surface area contributed by atoms with Gasteiger partial charge in [-0.25, -0.2) is 17.8 Å². The average molecular weight is 572 g/mol. The van der Waals surface area contributed by atoms with Crippen molar-refractivity contribution in [2.45, 2.75) is 28.3 Å². The number of nitro benzene ring substituents is 1. The maximum Gasteiger partial charge on any atom is 0.312 e. The van der Waals surface area contributed by atoms with E-state index in [1.165, 1.54) is 36.6 Å². The largest absolute Gasteiger partial charge is 0.483 e. The van der Waals surface area contributed by atoms with Crippen molar-refractivity contribution >= 4 is 32.5 Å². The van der Waals surface area contributed by atoms with Gasteiger partial charge in [-0.05, 0) is 56.3 Å². The van der Waals surface area contributed by atoms with E-state index in [0.717, 1.165) is 18.2 Å². The molecule has 14 heteroatoms. The van der Waals surface area contributed by atoms with Crippen LogP contribution in [-0.4, -0.2) is 59.5 Å². The molecule has 40 heavy (non-hydrogen) atoms. The molecule has 1 aromatic carbocycles. The molecule has 0 saturated carbocycles. The van der Waals surface area contributed by atoms with Crippen molar-refractivity contribution in [2.24, 2.45) is 11.7 Å². The third-order valence-corrected chi connectivity index (χ3v) is 9.17. The Labute approximate surface area is 228 Å². The minimum atomic E-state index is -4.72. The van der Waals surface area contributed by atoms with E-state index in [4.69, 9.17) is 15.2 Å². The second-order valence-corrected chi connectivity index (χ2v) is 11.7. The molecular weight excluding hydrogens is 545 g/mol. The Morgan fingerprint density at radius 1 is 1.23 bits per heavy atom. The highest BCUT2D eigenvalue weighted by Gasteiger charge is 2.54. The van der Waals surface area contributed by atoms with Crippen LogP contribution in [0.25, 0.3) is 11.0 Å². The first-order valence-electron chi connectivity index (χ1n) is 12.4. The molecule has 1 saturated heterocycles. The number of allylic oxidation sites excluding steroid dienone is 2. The van der Waals surface area contributed by atoms with Gasteiger partial charge in [0.05, 0.1) is 16.0 Å². The van der Waals surface area contributed by atoms with Crippen LogP contribution in [0.5, 0.6) is 11.5 Å². The second kappa shape index (κ2) is 10.4. The number of hydrogen-bond donors (Lipinski definition) is 3. The fraction of sp³-hybridized carbons (Fsp3) is 0.308. The molecule has 2 unspecified atom stereocenters. The molecule has 2 aromatic heterocycles. The second-order valence-electron chi connectivity index (χ2n) is 9.61. The van der Waals surface area contributed by atoms with E-state index < -0.39 is 54.4 Å². The van der Waals surface area contributed by atoms with Gasteiger partial charge in [-0.15, -0.1) is 0 Å². The fourth-order valence-electron chi connectivity index (χ4n) is 4.80. The fourth-order valence-corrected chi connectivity index (χ4v) is 6.68. The van der Waals surface area contributed by atoms with E-state index in [9.17, 15) is 23.3 Å². The number of amides is 1. The Balaban J connectivity index is 1.55. The number of fused-ring (bicyclic) bond motifs is 1. The number of H-pyrrole nitrogens is 1. The number of nitrogens with zero attached hydrogens (tertiary/aromatic N) is 2. The monoisotopic (exact) mass is 571 g/mol. The number of carbonyl (C=O) groups is 1. The molecular formula is C26H26FN5O7S. The lowest BCUT2D eigenvalue weighted by Crippen LogP contribution is -2.53. The Morgan fingerprint density at radius 2 is 2.00 bits per heavy atom. The molecule has 3 aromatic rings. The number of aromatic nitrogens is 2. The molecule has 1 aliphatic heterocycles. The summed E-state index contributed by atoms with van der Waals surface area (Å²) >= 11 is 0. The summed E-state index contributed by atoms with van der Waals surface area (Å²) in [4.78, 5) is 27.8. The van der Waals surface area contributed by atoms with Gasteiger partial charge in [-0.2, -0.15) is 0 Å². The topological polar surface area (TPSA) is 180 Å². The molecule has 5 rings (SSSR count). The first kappa shape index (κ1) is 27.3. The van der Waals surface area contributed by atoms with Crippen LogP contribution < -0.4 is 20.5 Å². The van der Waals surface area contributed by atoms with E-state index in [2.05, 4.69) is 15.3 Å². The SMILES string of the molecule is NC(=O)C1C=CC=CC1(Oc1cnc2[nH]ccc2c1)S(=O)(=O)c1ccc(OCC2(F)CCNCC2)c([N+](=O)[O-])c1. The number of nitrogens with one attached hydrogen (secondary N) is 2. The number of primary amides is 1. The third-order valence-electron chi connectivity index (χ3n) is 6.98. The van der Waals surface area contributed by atoms with Crippen molar-refractivity contribution in [1.29, 1.82) is 0 Å². The van der Waals surface area contributed by atoms with Gasteiger partial charge >= 0.3 is 5.69 Å². The predicted molar refractivity (Wildman–Crippen MR) is 142 cm³/mol. The summed E-state index contributed by atoms with van der Waals surface area (Å²) in [5, 5.41) is 15.6. The van der Waals surface area contributed by atoms with Gasteiger partial charge in [0.1, 0.15) is 29.6 Å². The number of aromatic amines is 1. The lowest BCUT2D eigenvalue weighted by Gasteiger charge is -2.36. The first-order chi connectivity index (χ1) is 19.0. The minimum Gasteiger partial charge on any atom is -0.483 e. The maximum absolute atomic E-state index is 15.0. The van der Waals surface area contributed by atoms with Gasteiger partial charge in [-0.1, -0.05) is 18.2 Å². The quantitative estimate of drug-likeness (QED) is 0.257. The number of rotatable bonds is 9. The predicted octanol–water partition coefficient (Wildman–Crippen LogP) is 2.72. The van der Waals surface area contributed by atoms with Crippen LogP contribution in [0, 0.1) is 16.0 Å². The summed E-state index contributed by atoms with van der Waals surface area (Å²) in [6, 6.07) is 6.23. The van der Waals surface area contributed by atoms with Gasteiger partial charge in [-0.3, -0.25) is 14.9 Å². The highest BCUT2D eigenvalue weighted by Crippen LogP contribution is 2.42. The number of halogens is 1. The maximum atomic E-state index is 15.0. The number of sulfone groups is 1. The molecule has 0 bridgehead atoms. The zero-order valence-corrected chi connectivity index (χ0v) is 21.9. The Kier molecular flexibility index (Phi) is 7.06. The van der Waals surface area contributed by atoms with E-state index in [1.54, 1.807) is 12.3 Å². The number of ether oxygens (including phenoxy) is 2. The van der Waals surface area contributed by atoms with Crippen molar-refractivity contribution in [2.75, 3.05) is 19.7 Å². The summed E-state index contributed by atoms with van der Waals surface area (Å²) in [6.45, 7) is 0.452. The standard InChI is InChI=1S/C26H26FN5O7S/c27-25(8-11-29-12-9-25)16-38-22-5-4-19(14-21(22)32(34)35)40(36,37)26(7-2-1-3-20(26)23(28)33)39-18-13-17-6-10-30-24(17)31-15-18/h1-7,10,13-15,20,29H,8-9,11-12,16H2,(H2,28,33)(H,30,31). The van der Waals surface area contributed by atoms with E-state index in [-0.39, 0.29) is 24.3 Å². The molecule has 210 valence electrons. The van der Waals surface area contributed by atoms with Gasteiger partial charge in [0.2, 0.25) is 20.7 Å². The smallest absolute Gasteiger partial charge is 0.312 e. The third kappa shape index (κ3) is 4.91. The summed E-state index contributed by atoms with van der Waals surface area (Å²) in [5.41, 5.74) is 3.78. The minimum absolute atomic E-state index is 0.0199. The summed E-state index contributed by atoms with van der Waals surface area (Å²) in [7, 11) is -4.72. The van der Waals surface area contributed by atoms with Crippen molar-refractivity contribution in [3.8, 4) is 11.5 Å². The lowest BCUT2D eigenvalue weighted by molar-refractivity contribution is -0.386. The van der Waals surface area contributed by atoms with Crippen LogP contribution in [-0.2, 0) is 14.6 Å². The molecule has 1 aliphatic carbocycles. The lowest BCUT2D eigenvalue weighted by atomic mass is 9.95. The van der Waals surface area contributed by atoms with E-state index >= 15 is 4.39 Å². The van der Waals surface area contributed by atoms with E-state index in [0.29, 0.717) is 24.1 Å². The molecule has 12 nitrogen and oxygen atoms in total. The molecule has 3 heterocycles. The van der Waals surface area contributed by atoms with Crippen LogP contribution in [0.3, 0.4) is 0 Å². The van der Waals surface area contributed by atoms with Gasteiger partial charge < -0.3 is 25.5 Å². The number of carbonyl (C=O) groups excluding carboxylic acids is 1. The number of pyridine rings is 1. The molecule has 1 fully saturated rings. The van der Waals surface area contributed by atoms with Crippen LogP contribution in [0.1, 0.15) is 12.8 Å². The number of piperidine rings is 1. The number of alkyl halides is 1. The van der Waals surface area contributed by atoms with E-state index in [1.807, 2.05) is 0 Å². The Hall–Kier alpha value is -4.30. The summed E-state index contributed by atoms with van der Waals surface area (Å²) in [5.74, 6) is -2.76. The highest BCUT2D eigenvalue weighted by molar-refractivity contribution is 7.93. The number of benzene rings is 1. The number of nitro groups is 1. The Morgan fingerprint density at radius 3 is 2.73 bits per heavy atom. The van der Waals surface area contributed by atoms with Crippen LogP contribution in [0.4, 0.5) is 10.1 Å². The molecule has 2 atom stereocenters. The highest BCUT2D eigenvalue weighted by atomic mass is 32.2. The Bertz CT molecular complexity index is 1630. The number of hydrogen-bond acceptors (Lipinski definition) is 9. The molecule has 4 N–H and O–H groups in total. The first-order valence-corrected chi connectivity index (χ1v) is 13.9. The van der Waals surface area contributed by atoms with Crippen LogP contribution in [0.15, 0.2) is 71.9 Å². The molecule has 0 radical (unpaired) electrons. The van der Waals surface area contributed by atoms with Crippen molar-refractivity contribution in [1.82, 2.24) is 15.3 Å².